The van der Waals surface area contributed by atoms with Crippen molar-refractivity contribution in [3.05, 3.63) is 174 Å². The topological polar surface area (TPSA) is 4.93 Å². The number of aromatic nitrogens is 1. The molecule has 0 fully saturated rings. The molecule has 7 aromatic rings. The van der Waals surface area contributed by atoms with Gasteiger partial charge in [0.2, 0.25) is 0 Å². The summed E-state index contributed by atoms with van der Waals surface area (Å²) >= 11 is 1.88. The normalized spacial score (nSPS) is 13.7. The van der Waals surface area contributed by atoms with E-state index >= 15 is 0 Å². The van der Waals surface area contributed by atoms with Gasteiger partial charge in [0.05, 0.1) is 16.4 Å². The number of para-hydroxylation sites is 2. The first-order valence-corrected chi connectivity index (χ1v) is 14.2. The fourth-order valence-electron chi connectivity index (χ4n) is 6.53. The van der Waals surface area contributed by atoms with Crippen molar-refractivity contribution in [3.63, 3.8) is 0 Å². The molecule has 0 spiro atoms. The van der Waals surface area contributed by atoms with E-state index in [-0.39, 0.29) is 0 Å². The van der Waals surface area contributed by atoms with Crippen molar-refractivity contribution in [3.8, 4) is 5.69 Å². The second-order valence-electron chi connectivity index (χ2n) is 10.1. The van der Waals surface area contributed by atoms with Crippen molar-refractivity contribution in [2.75, 3.05) is 0 Å². The van der Waals surface area contributed by atoms with Gasteiger partial charge in [-0.1, -0.05) is 121 Å². The van der Waals surface area contributed by atoms with Gasteiger partial charge in [0, 0.05) is 26.3 Å². The highest BCUT2D eigenvalue weighted by Gasteiger charge is 2.44. The van der Waals surface area contributed by atoms with Crippen LogP contribution in [0.15, 0.2) is 161 Å². The summed E-state index contributed by atoms with van der Waals surface area (Å²) in [4.78, 5) is 2.62. The molecule has 39 heavy (non-hydrogen) atoms. The van der Waals surface area contributed by atoms with E-state index < -0.39 is 5.41 Å². The Balaban J connectivity index is 1.52. The van der Waals surface area contributed by atoms with E-state index in [1.54, 1.807) is 0 Å². The minimum atomic E-state index is -0.427. The van der Waals surface area contributed by atoms with E-state index in [1.165, 1.54) is 59.5 Å². The van der Waals surface area contributed by atoms with Crippen molar-refractivity contribution in [2.45, 2.75) is 15.2 Å². The number of hydrogen-bond acceptors (Lipinski definition) is 1. The number of rotatable bonds is 3. The first-order chi connectivity index (χ1) is 19.4. The molecule has 8 rings (SSSR count). The Kier molecular flexibility index (Phi) is 5.04. The summed E-state index contributed by atoms with van der Waals surface area (Å²) < 4.78 is 2.39. The molecule has 6 aromatic carbocycles. The smallest absolute Gasteiger partial charge is 0.0723 e. The standard InChI is InChI=1S/C37H25NS/c1-3-13-26(14-4-1)37(31-18-8-11-21-35(31)39-36-22-12-9-19-32(36)37)27-23-24-34-30(25-27)29-17-7-10-20-33(29)38(34)28-15-5-2-6-16-28/h1-25H. The largest absolute Gasteiger partial charge is 0.309 e. The van der Waals surface area contributed by atoms with Crippen LogP contribution < -0.4 is 0 Å². The molecule has 1 aliphatic rings. The Morgan fingerprint density at radius 2 is 1.00 bits per heavy atom. The van der Waals surface area contributed by atoms with Crippen LogP contribution >= 0.6 is 11.8 Å². The number of nitrogens with zero attached hydrogens (tertiary/aromatic N) is 1. The van der Waals surface area contributed by atoms with Crippen LogP contribution in [-0.4, -0.2) is 4.57 Å². The Morgan fingerprint density at radius 3 is 1.72 bits per heavy atom. The predicted octanol–water partition coefficient (Wildman–Crippen LogP) is 9.63. The lowest BCUT2D eigenvalue weighted by Gasteiger charge is -2.41. The fraction of sp³-hybridized carbons (Fsp3) is 0.0270. The van der Waals surface area contributed by atoms with Gasteiger partial charge in [0.15, 0.2) is 0 Å². The Labute approximate surface area is 232 Å². The maximum Gasteiger partial charge on any atom is 0.0723 e. The lowest BCUT2D eigenvalue weighted by molar-refractivity contribution is 0.704. The molecule has 0 saturated heterocycles. The van der Waals surface area contributed by atoms with Gasteiger partial charge >= 0.3 is 0 Å². The summed E-state index contributed by atoms with van der Waals surface area (Å²) in [5.41, 5.74) is 8.46. The van der Waals surface area contributed by atoms with Crippen molar-refractivity contribution < 1.29 is 0 Å². The Morgan fingerprint density at radius 1 is 0.436 bits per heavy atom. The van der Waals surface area contributed by atoms with Crippen LogP contribution in [0.1, 0.15) is 22.3 Å². The molecule has 1 aromatic heterocycles. The maximum absolute atomic E-state index is 2.45. The van der Waals surface area contributed by atoms with Gasteiger partial charge in [0.25, 0.3) is 0 Å². The van der Waals surface area contributed by atoms with E-state index in [1.807, 2.05) is 11.8 Å². The highest BCUT2D eigenvalue weighted by molar-refractivity contribution is 7.99. The molecule has 1 nitrogen and oxygen atoms in total. The molecule has 0 amide bonds. The van der Waals surface area contributed by atoms with Crippen LogP contribution in [0.4, 0.5) is 0 Å². The van der Waals surface area contributed by atoms with Gasteiger partial charge in [-0.2, -0.15) is 0 Å². The molecule has 0 atom stereocenters. The molecule has 184 valence electrons. The van der Waals surface area contributed by atoms with Gasteiger partial charge in [-0.05, 0) is 64.7 Å². The van der Waals surface area contributed by atoms with Gasteiger partial charge in [-0.25, -0.2) is 0 Å². The minimum absolute atomic E-state index is 0.427. The molecule has 0 radical (unpaired) electrons. The van der Waals surface area contributed by atoms with Crippen molar-refractivity contribution in [1.82, 2.24) is 4.57 Å². The summed E-state index contributed by atoms with van der Waals surface area (Å²) in [6.07, 6.45) is 0. The highest BCUT2D eigenvalue weighted by Crippen LogP contribution is 2.56. The minimum Gasteiger partial charge on any atom is -0.309 e. The quantitative estimate of drug-likeness (QED) is 0.227. The highest BCUT2D eigenvalue weighted by atomic mass is 32.2. The zero-order valence-corrected chi connectivity index (χ0v) is 22.1. The fourth-order valence-corrected chi connectivity index (χ4v) is 7.72. The average Bonchev–Trinajstić information content (AvgIpc) is 3.34. The van der Waals surface area contributed by atoms with Gasteiger partial charge in [-0.3, -0.25) is 0 Å². The summed E-state index contributed by atoms with van der Waals surface area (Å²) in [6.45, 7) is 0. The molecular formula is C37H25NS. The summed E-state index contributed by atoms with van der Waals surface area (Å²) in [7, 11) is 0. The van der Waals surface area contributed by atoms with E-state index in [9.17, 15) is 0 Å². The van der Waals surface area contributed by atoms with E-state index in [0.717, 1.165) is 0 Å². The predicted molar refractivity (Wildman–Crippen MR) is 163 cm³/mol. The molecule has 2 heterocycles. The second-order valence-corrected chi connectivity index (χ2v) is 11.2. The molecule has 0 unspecified atom stereocenters. The van der Waals surface area contributed by atoms with Crippen LogP contribution in [0.5, 0.6) is 0 Å². The van der Waals surface area contributed by atoms with Crippen LogP contribution in [0.2, 0.25) is 0 Å². The second kappa shape index (κ2) is 8.76. The number of fused-ring (bicyclic) bond motifs is 5. The van der Waals surface area contributed by atoms with E-state index in [0.29, 0.717) is 0 Å². The zero-order chi connectivity index (χ0) is 25.8. The first kappa shape index (κ1) is 22.5. The lowest BCUT2D eigenvalue weighted by Crippen LogP contribution is -2.34. The van der Waals surface area contributed by atoms with E-state index in [2.05, 4.69) is 156 Å². The molecule has 2 heteroatoms. The molecular weight excluding hydrogens is 490 g/mol. The van der Waals surface area contributed by atoms with Gasteiger partial charge < -0.3 is 4.57 Å². The summed E-state index contributed by atoms with van der Waals surface area (Å²) in [5.74, 6) is 0. The lowest BCUT2D eigenvalue weighted by atomic mass is 9.64. The summed E-state index contributed by atoms with van der Waals surface area (Å²) in [5, 5.41) is 2.55. The van der Waals surface area contributed by atoms with Gasteiger partial charge in [0.1, 0.15) is 0 Å². The third-order valence-corrected chi connectivity index (χ3v) is 9.28. The van der Waals surface area contributed by atoms with Crippen molar-refractivity contribution >= 4 is 33.6 Å². The van der Waals surface area contributed by atoms with Crippen LogP contribution in [0.3, 0.4) is 0 Å². The van der Waals surface area contributed by atoms with E-state index in [4.69, 9.17) is 0 Å². The van der Waals surface area contributed by atoms with Crippen molar-refractivity contribution in [1.29, 1.82) is 0 Å². The Hall–Kier alpha value is -4.53. The van der Waals surface area contributed by atoms with Crippen LogP contribution in [0, 0.1) is 0 Å². The maximum atomic E-state index is 2.45. The molecule has 1 aliphatic heterocycles. The SMILES string of the molecule is c1ccc(-n2c3ccccc3c3cc(C4(c5ccccc5)c5ccccc5Sc5ccccc54)ccc32)cc1. The first-order valence-electron chi connectivity index (χ1n) is 13.4. The Bertz CT molecular complexity index is 1940. The third-order valence-electron chi connectivity index (χ3n) is 8.13. The van der Waals surface area contributed by atoms with Crippen molar-refractivity contribution in [2.24, 2.45) is 0 Å². The zero-order valence-electron chi connectivity index (χ0n) is 21.3. The molecule has 0 aliphatic carbocycles. The third kappa shape index (κ3) is 3.22. The monoisotopic (exact) mass is 515 g/mol. The average molecular weight is 516 g/mol. The molecule has 0 N–H and O–H groups in total. The van der Waals surface area contributed by atoms with Crippen LogP contribution in [0.25, 0.3) is 27.5 Å². The molecule has 0 bridgehead atoms. The number of hydrogen-bond donors (Lipinski definition) is 0. The number of benzene rings is 6. The molecule has 0 saturated carbocycles. The van der Waals surface area contributed by atoms with Crippen LogP contribution in [-0.2, 0) is 5.41 Å². The van der Waals surface area contributed by atoms with Gasteiger partial charge in [-0.15, -0.1) is 0 Å². The summed E-state index contributed by atoms with van der Waals surface area (Å²) in [6, 6.07) is 55.5.